The lowest BCUT2D eigenvalue weighted by Crippen LogP contribution is -2.31. The van der Waals surface area contributed by atoms with E-state index in [1.807, 2.05) is 25.1 Å². The molecule has 1 aromatic carbocycles. The average Bonchev–Trinajstić information content (AvgIpc) is 3.21. The van der Waals surface area contributed by atoms with Gasteiger partial charge in [0.15, 0.2) is 12.1 Å². The van der Waals surface area contributed by atoms with Crippen LogP contribution >= 0.6 is 11.6 Å². The molecule has 1 fully saturated rings. The van der Waals surface area contributed by atoms with E-state index in [0.717, 1.165) is 30.2 Å². The molecule has 122 valence electrons. The van der Waals surface area contributed by atoms with Gasteiger partial charge >= 0.3 is 0 Å². The predicted octanol–water partition coefficient (Wildman–Crippen LogP) is 3.15. The second-order valence-corrected chi connectivity index (χ2v) is 6.20. The van der Waals surface area contributed by atoms with Crippen molar-refractivity contribution in [2.75, 3.05) is 24.5 Å². The van der Waals surface area contributed by atoms with Crippen LogP contribution in [0.3, 0.4) is 0 Å². The van der Waals surface area contributed by atoms with Gasteiger partial charge in [0.05, 0.1) is 0 Å². The van der Waals surface area contributed by atoms with E-state index in [-0.39, 0.29) is 5.91 Å². The Bertz CT molecular complexity index is 686. The molecule has 0 radical (unpaired) electrons. The molecule has 3 rings (SSSR count). The summed E-state index contributed by atoms with van der Waals surface area (Å²) in [6.45, 7) is 4.48. The first-order chi connectivity index (χ1) is 11.2. The summed E-state index contributed by atoms with van der Waals surface area (Å²) in [6, 6.07) is 7.88. The summed E-state index contributed by atoms with van der Waals surface area (Å²) in [5.41, 5.74) is 1.54. The summed E-state index contributed by atoms with van der Waals surface area (Å²) in [4.78, 5) is 18.5. The molecule has 0 spiro atoms. The number of nitrogens with zero attached hydrogens (tertiary/aromatic N) is 2. The number of oxazole rings is 1. The monoisotopic (exact) mass is 333 g/mol. The van der Waals surface area contributed by atoms with Gasteiger partial charge in [0.2, 0.25) is 0 Å². The average molecular weight is 334 g/mol. The highest BCUT2D eigenvalue weighted by molar-refractivity contribution is 6.30. The minimum atomic E-state index is -0.156. The third-order valence-electron chi connectivity index (χ3n) is 4.19. The van der Waals surface area contributed by atoms with Gasteiger partial charge in [-0.1, -0.05) is 24.6 Å². The highest BCUT2D eigenvalue weighted by atomic mass is 35.5. The van der Waals surface area contributed by atoms with Gasteiger partial charge in [0.25, 0.3) is 5.91 Å². The van der Waals surface area contributed by atoms with E-state index in [4.69, 9.17) is 16.0 Å². The van der Waals surface area contributed by atoms with Crippen molar-refractivity contribution in [3.63, 3.8) is 0 Å². The van der Waals surface area contributed by atoms with Gasteiger partial charge in [-0.15, -0.1) is 0 Å². The number of halogens is 1. The fourth-order valence-corrected chi connectivity index (χ4v) is 3.12. The molecular weight excluding hydrogens is 314 g/mol. The van der Waals surface area contributed by atoms with Gasteiger partial charge in [0, 0.05) is 36.8 Å². The highest BCUT2D eigenvalue weighted by Gasteiger charge is 2.24. The largest absolute Gasteiger partial charge is 0.448 e. The third-order valence-corrected chi connectivity index (χ3v) is 4.42. The number of hydrogen-bond acceptors (Lipinski definition) is 4. The molecule has 2 aromatic rings. The Morgan fingerprint density at radius 1 is 1.52 bits per heavy atom. The fraction of sp³-hybridized carbons (Fsp3) is 0.412. The molecule has 5 nitrogen and oxygen atoms in total. The lowest BCUT2D eigenvalue weighted by atomic mass is 10.1. The first-order valence-electron chi connectivity index (χ1n) is 7.88. The molecule has 0 aliphatic carbocycles. The van der Waals surface area contributed by atoms with Gasteiger partial charge in [-0.05, 0) is 30.5 Å². The first-order valence-corrected chi connectivity index (χ1v) is 8.26. The van der Waals surface area contributed by atoms with Gasteiger partial charge < -0.3 is 14.6 Å². The van der Waals surface area contributed by atoms with Crippen LogP contribution in [-0.4, -0.2) is 30.5 Å². The number of benzene rings is 1. The Morgan fingerprint density at radius 3 is 3.17 bits per heavy atom. The fourth-order valence-electron chi connectivity index (χ4n) is 2.93. The van der Waals surface area contributed by atoms with Crippen LogP contribution in [0.25, 0.3) is 0 Å². The first kappa shape index (κ1) is 15.9. The summed E-state index contributed by atoms with van der Waals surface area (Å²) in [6.07, 6.45) is 3.03. The molecule has 1 saturated heterocycles. The van der Waals surface area contributed by atoms with Crippen LogP contribution in [0.2, 0.25) is 5.02 Å². The molecule has 1 aliphatic heterocycles. The lowest BCUT2D eigenvalue weighted by molar-refractivity contribution is 0.0942. The van der Waals surface area contributed by atoms with Crippen molar-refractivity contribution in [1.82, 2.24) is 10.3 Å². The van der Waals surface area contributed by atoms with Crippen LogP contribution in [-0.2, 0) is 6.42 Å². The zero-order valence-electron chi connectivity index (χ0n) is 13.1. The lowest BCUT2D eigenvalue weighted by Gasteiger charge is -2.19. The van der Waals surface area contributed by atoms with Gasteiger partial charge in [-0.2, -0.15) is 0 Å². The molecule has 0 bridgehead atoms. The van der Waals surface area contributed by atoms with Gasteiger partial charge in [0.1, 0.15) is 5.76 Å². The van der Waals surface area contributed by atoms with Crippen molar-refractivity contribution < 1.29 is 9.21 Å². The zero-order valence-corrected chi connectivity index (χ0v) is 13.8. The van der Waals surface area contributed by atoms with Crippen LogP contribution < -0.4 is 10.2 Å². The Hall–Kier alpha value is -2.01. The number of nitrogens with one attached hydrogen (secondary N) is 1. The topological polar surface area (TPSA) is 58.4 Å². The predicted molar refractivity (Wildman–Crippen MR) is 90.0 cm³/mol. The van der Waals surface area contributed by atoms with E-state index >= 15 is 0 Å². The van der Waals surface area contributed by atoms with Gasteiger partial charge in [-0.25, -0.2) is 4.98 Å². The second-order valence-electron chi connectivity index (χ2n) is 5.77. The van der Waals surface area contributed by atoms with Crippen LogP contribution in [0.5, 0.6) is 0 Å². The Kier molecular flexibility index (Phi) is 4.86. The van der Waals surface area contributed by atoms with E-state index in [1.54, 1.807) is 0 Å². The Morgan fingerprint density at radius 2 is 2.39 bits per heavy atom. The van der Waals surface area contributed by atoms with Crippen molar-refractivity contribution in [3.8, 4) is 0 Å². The van der Waals surface area contributed by atoms with E-state index in [9.17, 15) is 4.79 Å². The van der Waals surface area contributed by atoms with Crippen LogP contribution in [0.4, 0.5) is 5.69 Å². The maximum absolute atomic E-state index is 12.2. The van der Waals surface area contributed by atoms with Crippen molar-refractivity contribution in [2.24, 2.45) is 5.92 Å². The van der Waals surface area contributed by atoms with Crippen LogP contribution in [0.1, 0.15) is 29.6 Å². The van der Waals surface area contributed by atoms with E-state index in [2.05, 4.69) is 21.3 Å². The number of aromatic nitrogens is 1. The molecule has 2 heterocycles. The molecule has 1 aromatic heterocycles. The molecule has 1 atom stereocenters. The molecule has 0 unspecified atom stereocenters. The molecule has 0 saturated carbocycles. The standard InChI is InChI=1S/C17H20ClN3O2/c1-2-15-16(20-11-23-15)17(22)19-9-12-6-7-21(10-12)14-5-3-4-13(18)8-14/h3-5,8,11-12H,2,6-7,9-10H2,1H3,(H,19,22)/t12-/m0/s1. The minimum Gasteiger partial charge on any atom is -0.448 e. The number of carbonyl (C=O) groups excluding carboxylic acids is 1. The second kappa shape index (κ2) is 7.04. The van der Waals surface area contributed by atoms with E-state index in [0.29, 0.717) is 30.3 Å². The summed E-state index contributed by atoms with van der Waals surface area (Å²) < 4.78 is 5.20. The van der Waals surface area contributed by atoms with Crippen molar-refractivity contribution in [2.45, 2.75) is 19.8 Å². The molecule has 1 aliphatic rings. The normalized spacial score (nSPS) is 17.5. The molecule has 1 N–H and O–H groups in total. The smallest absolute Gasteiger partial charge is 0.273 e. The molecule has 1 amide bonds. The number of anilines is 1. The number of carbonyl (C=O) groups is 1. The number of aryl methyl sites for hydroxylation is 1. The minimum absolute atomic E-state index is 0.156. The van der Waals surface area contributed by atoms with E-state index < -0.39 is 0 Å². The molecule has 23 heavy (non-hydrogen) atoms. The van der Waals surface area contributed by atoms with E-state index in [1.165, 1.54) is 6.39 Å². The van der Waals surface area contributed by atoms with Crippen molar-refractivity contribution in [1.29, 1.82) is 0 Å². The quantitative estimate of drug-likeness (QED) is 0.913. The summed E-state index contributed by atoms with van der Waals surface area (Å²) in [5.74, 6) is 0.904. The van der Waals surface area contributed by atoms with Crippen molar-refractivity contribution >= 4 is 23.2 Å². The number of hydrogen-bond donors (Lipinski definition) is 1. The Balaban J connectivity index is 1.53. The summed E-state index contributed by atoms with van der Waals surface area (Å²) in [5, 5.41) is 3.72. The maximum Gasteiger partial charge on any atom is 0.273 e. The van der Waals surface area contributed by atoms with Gasteiger partial charge in [-0.3, -0.25) is 4.79 Å². The maximum atomic E-state index is 12.2. The number of rotatable bonds is 5. The van der Waals surface area contributed by atoms with Crippen molar-refractivity contribution in [3.05, 3.63) is 47.1 Å². The number of amides is 1. The Labute approximate surface area is 140 Å². The molecule has 6 heteroatoms. The summed E-state index contributed by atoms with van der Waals surface area (Å²) >= 11 is 6.05. The third kappa shape index (κ3) is 3.67. The van der Waals surface area contributed by atoms with Crippen LogP contribution in [0.15, 0.2) is 35.1 Å². The zero-order chi connectivity index (χ0) is 16.2. The van der Waals surface area contributed by atoms with Crippen LogP contribution in [0, 0.1) is 5.92 Å². The molecular formula is C17H20ClN3O2. The summed E-state index contributed by atoms with van der Waals surface area (Å²) in [7, 11) is 0. The SMILES string of the molecule is CCc1ocnc1C(=O)NC[C@@H]1CCN(c2cccc(Cl)c2)C1. The highest BCUT2D eigenvalue weighted by Crippen LogP contribution is 2.25.